The van der Waals surface area contributed by atoms with Crippen LogP contribution in [0.1, 0.15) is 98.4 Å². The molecule has 0 bridgehead atoms. The largest absolute Gasteiger partial charge is 0.481 e. The van der Waals surface area contributed by atoms with E-state index in [0.29, 0.717) is 44.6 Å². The molecule has 1 aliphatic heterocycles. The third-order valence-electron chi connectivity index (χ3n) is 7.48. The molecule has 1 aliphatic rings. The fourth-order valence-electron chi connectivity index (χ4n) is 3.86. The maximum Gasteiger partial charge on any atom is 0.313 e. The van der Waals surface area contributed by atoms with Crippen molar-refractivity contribution in [2.24, 2.45) is 0 Å². The van der Waals surface area contributed by atoms with Gasteiger partial charge in [-0.05, 0) is 46.0 Å². The molecule has 0 amide bonds. The molecule has 0 aromatic carbocycles. The highest BCUT2D eigenvalue weighted by Gasteiger charge is 2.18. The number of aliphatic hydroxyl groups is 5. The Balaban J connectivity index is -0.000000677. The number of carboxylic acid groups (broad SMARTS) is 1. The van der Waals surface area contributed by atoms with Crippen LogP contribution in [-0.4, -0.2) is 158 Å². The third kappa shape index (κ3) is 34.7. The van der Waals surface area contributed by atoms with Crippen molar-refractivity contribution in [2.75, 3.05) is 61.0 Å². The van der Waals surface area contributed by atoms with E-state index in [4.69, 9.17) is 63.8 Å². The van der Waals surface area contributed by atoms with Gasteiger partial charge >= 0.3 is 23.9 Å². The zero-order valence-electron chi connectivity index (χ0n) is 35.4. The molecule has 6 N–H and O–H groups in total. The van der Waals surface area contributed by atoms with E-state index in [1.165, 1.54) is 21.3 Å². The Kier molecular flexibility index (Phi) is 41.2. The van der Waals surface area contributed by atoms with Gasteiger partial charge in [0, 0.05) is 47.0 Å². The SMILES string of the molecule is CC(C)[n+]1ccncc1.CCC(CO)OC(CO)OC.CCC(CO)OC(CO)OC.CCC(CO)OC(COC(=O)CCCC(=O)O)OC.O=C1CCCC(=O)O1. The molecule has 58 heavy (non-hydrogen) atoms. The highest BCUT2D eigenvalue weighted by molar-refractivity contribution is 5.87. The van der Waals surface area contributed by atoms with Gasteiger partial charge < -0.3 is 68.5 Å². The number of nitrogens with zero attached hydrogens (tertiary/aromatic N) is 2. The molecule has 1 aromatic heterocycles. The first-order valence-corrected chi connectivity index (χ1v) is 19.2. The van der Waals surface area contributed by atoms with Crippen LogP contribution in [-0.2, 0) is 57.1 Å². The summed E-state index contributed by atoms with van der Waals surface area (Å²) in [4.78, 5) is 45.9. The van der Waals surface area contributed by atoms with Crippen molar-refractivity contribution in [2.45, 2.75) is 136 Å². The Morgan fingerprint density at radius 3 is 1.40 bits per heavy atom. The second-order valence-corrected chi connectivity index (χ2v) is 12.3. The van der Waals surface area contributed by atoms with E-state index in [-0.39, 0.29) is 89.2 Å². The number of carbonyl (C=O) groups is 4. The molecule has 0 aliphatic carbocycles. The van der Waals surface area contributed by atoms with E-state index in [0.717, 1.165) is 0 Å². The standard InChI is InChI=1S/C12H22O7.C7H11N2.2C7H16O4.C5H6O3/c1-3-9(7-13)19-12(17-2)8-18-11(16)6-4-5-10(14)15;1-7(2)9-5-3-8-4-6-9;2*1-3-6(4-8)11-7(5-9)10-2;6-4-2-1-3-5(7)8-4/h9,12-13H,3-8H2,1-2H3,(H,14,15);3-7H,1-2H3;2*6-9H,3-5H2,1-2H3;1-3H2/q;+1;;;. The number of aliphatic hydroxyl groups excluding tert-OH is 5. The lowest BCUT2D eigenvalue weighted by atomic mass is 10.2. The van der Waals surface area contributed by atoms with Crippen LogP contribution < -0.4 is 4.57 Å². The molecule has 20 nitrogen and oxygen atoms in total. The van der Waals surface area contributed by atoms with Gasteiger partial charge in [-0.2, -0.15) is 0 Å². The number of cyclic esters (lactones) is 2. The van der Waals surface area contributed by atoms with Gasteiger partial charge in [0.25, 0.3) is 0 Å². The van der Waals surface area contributed by atoms with Crippen LogP contribution in [0.25, 0.3) is 0 Å². The van der Waals surface area contributed by atoms with E-state index in [9.17, 15) is 19.2 Å². The van der Waals surface area contributed by atoms with Gasteiger partial charge in [-0.1, -0.05) is 20.8 Å². The highest BCUT2D eigenvalue weighted by Crippen LogP contribution is 2.07. The minimum Gasteiger partial charge on any atom is -0.481 e. The zero-order chi connectivity index (χ0) is 44.7. The minimum atomic E-state index is -0.945. The molecule has 6 unspecified atom stereocenters. The molecular weight excluding hydrogens is 772 g/mol. The summed E-state index contributed by atoms with van der Waals surface area (Å²) in [6.45, 7) is 9.23. The van der Waals surface area contributed by atoms with Crippen LogP contribution in [0.3, 0.4) is 0 Å². The number of rotatable bonds is 24. The van der Waals surface area contributed by atoms with Crippen molar-refractivity contribution in [3.05, 3.63) is 24.8 Å². The first-order chi connectivity index (χ1) is 27.7. The number of hydrogen-bond donors (Lipinski definition) is 6. The van der Waals surface area contributed by atoms with Crippen molar-refractivity contribution < 1.29 is 92.3 Å². The average Bonchev–Trinajstić information content (AvgIpc) is 3.23. The number of carboxylic acids is 1. The van der Waals surface area contributed by atoms with Crippen LogP contribution in [0, 0.1) is 0 Å². The van der Waals surface area contributed by atoms with Crippen molar-refractivity contribution >= 4 is 23.9 Å². The second kappa shape index (κ2) is 40.5. The number of esters is 3. The smallest absolute Gasteiger partial charge is 0.313 e. The number of aliphatic carboxylic acids is 1. The van der Waals surface area contributed by atoms with Crippen LogP contribution in [0.15, 0.2) is 24.8 Å². The molecule has 2 rings (SSSR count). The van der Waals surface area contributed by atoms with E-state index in [1.807, 2.05) is 33.2 Å². The summed E-state index contributed by atoms with van der Waals surface area (Å²) in [5.41, 5.74) is 0. The minimum absolute atomic E-state index is 0.0416. The van der Waals surface area contributed by atoms with Crippen molar-refractivity contribution in [1.29, 1.82) is 0 Å². The fraction of sp³-hybridized carbons (Fsp3) is 0.789. The summed E-state index contributed by atoms with van der Waals surface area (Å²) in [6, 6.07) is 0.535. The summed E-state index contributed by atoms with van der Waals surface area (Å²) in [7, 11) is 4.31. The Bertz CT molecular complexity index is 1060. The molecule has 1 aromatic rings. The first-order valence-electron chi connectivity index (χ1n) is 19.2. The van der Waals surface area contributed by atoms with E-state index in [2.05, 4.69) is 28.1 Å². The Morgan fingerprint density at radius 1 is 0.707 bits per heavy atom. The molecule has 0 spiro atoms. The van der Waals surface area contributed by atoms with Gasteiger partial charge in [-0.25, -0.2) is 4.57 Å². The van der Waals surface area contributed by atoms with Gasteiger partial charge in [0.05, 0.1) is 63.7 Å². The monoisotopic (exact) mass is 843 g/mol. The topological polar surface area (TPSA) is 280 Å². The van der Waals surface area contributed by atoms with E-state index < -0.39 is 30.8 Å². The Labute approximate surface area is 342 Å². The van der Waals surface area contributed by atoms with Crippen LogP contribution in [0.4, 0.5) is 0 Å². The van der Waals surface area contributed by atoms with E-state index in [1.54, 1.807) is 12.4 Å². The maximum absolute atomic E-state index is 11.3. The van der Waals surface area contributed by atoms with Crippen LogP contribution >= 0.6 is 0 Å². The van der Waals surface area contributed by atoms with Gasteiger partial charge in [0.2, 0.25) is 0 Å². The lowest BCUT2D eigenvalue weighted by molar-refractivity contribution is -0.716. The molecule has 340 valence electrons. The van der Waals surface area contributed by atoms with Crippen LogP contribution in [0.5, 0.6) is 0 Å². The average molecular weight is 844 g/mol. The first kappa shape index (κ1) is 59.0. The molecule has 0 radical (unpaired) electrons. The summed E-state index contributed by atoms with van der Waals surface area (Å²) in [5.74, 6) is -2.22. The van der Waals surface area contributed by atoms with Gasteiger partial charge in [0.1, 0.15) is 6.61 Å². The fourth-order valence-corrected chi connectivity index (χ4v) is 3.86. The second-order valence-electron chi connectivity index (χ2n) is 12.3. The summed E-state index contributed by atoms with van der Waals surface area (Å²) >= 11 is 0. The quantitative estimate of drug-likeness (QED) is 0.0369. The van der Waals surface area contributed by atoms with Gasteiger partial charge in [-0.15, -0.1) is 0 Å². The number of ether oxygens (including phenoxy) is 8. The maximum atomic E-state index is 11.3. The predicted octanol–water partition coefficient (Wildman–Crippen LogP) is 1.21. The molecule has 1 saturated heterocycles. The normalized spacial score (nSPS) is 15.1. The number of aromatic nitrogens is 2. The highest BCUT2D eigenvalue weighted by atomic mass is 16.7. The van der Waals surface area contributed by atoms with Gasteiger partial charge in [0.15, 0.2) is 37.3 Å². The molecule has 2 heterocycles. The lowest BCUT2D eigenvalue weighted by Crippen LogP contribution is -2.34. The molecular formula is C38H71N2O18+. The van der Waals surface area contributed by atoms with Crippen LogP contribution in [0.2, 0.25) is 0 Å². The molecule has 6 atom stereocenters. The number of carbonyl (C=O) groups excluding carboxylic acids is 3. The summed E-state index contributed by atoms with van der Waals surface area (Å²) in [6.07, 6.45) is 8.36. The molecule has 0 saturated carbocycles. The molecule has 20 heteroatoms. The van der Waals surface area contributed by atoms with E-state index >= 15 is 0 Å². The predicted molar refractivity (Wildman–Crippen MR) is 206 cm³/mol. The van der Waals surface area contributed by atoms with Crippen molar-refractivity contribution in [3.63, 3.8) is 0 Å². The van der Waals surface area contributed by atoms with Crippen molar-refractivity contribution in [3.8, 4) is 0 Å². The van der Waals surface area contributed by atoms with Crippen molar-refractivity contribution in [1.82, 2.24) is 4.98 Å². The lowest BCUT2D eigenvalue weighted by Gasteiger charge is -2.21. The third-order valence-corrected chi connectivity index (χ3v) is 7.48. The Morgan fingerprint density at radius 2 is 1.12 bits per heavy atom. The summed E-state index contributed by atoms with van der Waals surface area (Å²) < 4.78 is 41.3. The number of hydrogen-bond acceptors (Lipinski definition) is 18. The Hall–Kier alpha value is -3.28. The zero-order valence-corrected chi connectivity index (χ0v) is 35.4. The summed E-state index contributed by atoms with van der Waals surface area (Å²) in [5, 5.41) is 52.1. The number of methoxy groups -OCH3 is 3. The van der Waals surface area contributed by atoms with Gasteiger partial charge in [-0.3, -0.25) is 24.2 Å². The molecule has 1 fully saturated rings.